The van der Waals surface area contributed by atoms with Crippen LogP contribution in [0.1, 0.15) is 15.2 Å². The third-order valence-corrected chi connectivity index (χ3v) is 7.27. The Labute approximate surface area is 191 Å². The van der Waals surface area contributed by atoms with Gasteiger partial charge in [-0.3, -0.25) is 14.6 Å². The predicted octanol–water partition coefficient (Wildman–Crippen LogP) is 3.70. The second-order valence-corrected chi connectivity index (χ2v) is 9.82. The minimum Gasteiger partial charge on any atom is -0.368 e. The van der Waals surface area contributed by atoms with E-state index in [4.69, 9.17) is 4.84 Å². The highest BCUT2D eigenvalue weighted by Gasteiger charge is 2.25. The van der Waals surface area contributed by atoms with E-state index in [9.17, 15) is 13.2 Å². The summed E-state index contributed by atoms with van der Waals surface area (Å²) in [5, 5.41) is 1.17. The Morgan fingerprint density at radius 3 is 2.25 bits per heavy atom. The van der Waals surface area contributed by atoms with Gasteiger partial charge in [0, 0.05) is 44.0 Å². The van der Waals surface area contributed by atoms with Gasteiger partial charge in [-0.25, -0.2) is 5.06 Å². The highest BCUT2D eigenvalue weighted by atomic mass is 32.2. The van der Waals surface area contributed by atoms with Gasteiger partial charge < -0.3 is 4.90 Å². The number of hydroxylamine groups is 2. The van der Waals surface area contributed by atoms with Crippen molar-refractivity contribution in [2.45, 2.75) is 11.8 Å². The smallest absolute Gasteiger partial charge is 0.287 e. The summed E-state index contributed by atoms with van der Waals surface area (Å²) in [6.07, 6.45) is 4.64. The van der Waals surface area contributed by atoms with Crippen LogP contribution in [0.5, 0.6) is 0 Å². The van der Waals surface area contributed by atoms with Crippen LogP contribution in [0.25, 0.3) is 21.6 Å². The van der Waals surface area contributed by atoms with Gasteiger partial charge in [-0.15, -0.1) is 15.7 Å². The number of sulfonamides is 1. The van der Waals surface area contributed by atoms with Crippen molar-refractivity contribution in [1.29, 1.82) is 0 Å². The quantitative estimate of drug-likeness (QED) is 0.296. The third kappa shape index (κ3) is 4.87. The van der Waals surface area contributed by atoms with Crippen LogP contribution in [0.4, 0.5) is 0 Å². The fraction of sp³-hybridized carbons (Fsp3) is 0.227. The molecule has 1 amide bonds. The summed E-state index contributed by atoms with van der Waals surface area (Å²) in [6.45, 7) is 1.94. The molecule has 168 valence electrons. The van der Waals surface area contributed by atoms with Gasteiger partial charge >= 0.3 is 0 Å². The summed E-state index contributed by atoms with van der Waals surface area (Å²) < 4.78 is 28.5. The maximum absolute atomic E-state index is 13.0. The molecule has 0 saturated heterocycles. The molecule has 8 nitrogen and oxygen atoms in total. The summed E-state index contributed by atoms with van der Waals surface area (Å²) in [5.74, 6) is -0.289. The van der Waals surface area contributed by atoms with Crippen molar-refractivity contribution in [3.05, 3.63) is 59.2 Å². The Morgan fingerprint density at radius 2 is 1.69 bits per heavy atom. The van der Waals surface area contributed by atoms with E-state index >= 15 is 0 Å². The van der Waals surface area contributed by atoms with Crippen molar-refractivity contribution in [3.63, 3.8) is 0 Å². The first kappa shape index (κ1) is 23.6. The molecule has 0 fully saturated rings. The van der Waals surface area contributed by atoms with Crippen molar-refractivity contribution in [3.8, 4) is 21.6 Å². The number of amides is 1. The average Bonchev–Trinajstić information content (AvgIpc) is 3.14. The summed E-state index contributed by atoms with van der Waals surface area (Å²) in [7, 11) is 2.54. The van der Waals surface area contributed by atoms with Crippen LogP contribution in [-0.4, -0.2) is 63.9 Å². The Balaban J connectivity index is 2.12. The number of carbonyl (C=O) groups excluding carboxylic acids is 1. The number of carbonyl (C=O) groups is 1. The molecule has 0 aliphatic rings. The molecule has 0 saturated carbocycles. The molecule has 2 heterocycles. The zero-order chi connectivity index (χ0) is 23.5. The van der Waals surface area contributed by atoms with Gasteiger partial charge in [0.15, 0.2) is 0 Å². The van der Waals surface area contributed by atoms with Crippen molar-refractivity contribution in [1.82, 2.24) is 14.9 Å². The van der Waals surface area contributed by atoms with Crippen molar-refractivity contribution >= 4 is 33.6 Å². The van der Waals surface area contributed by atoms with Crippen LogP contribution in [0.15, 0.2) is 58.1 Å². The van der Waals surface area contributed by atoms with Gasteiger partial charge in [-0.2, -0.15) is 8.42 Å². The molecule has 0 atom stereocenters. The monoisotopic (exact) mass is 472 g/mol. The average molecular weight is 473 g/mol. The van der Waals surface area contributed by atoms with E-state index in [1.807, 2.05) is 19.1 Å². The van der Waals surface area contributed by atoms with Crippen molar-refractivity contribution in [2.75, 3.05) is 28.3 Å². The van der Waals surface area contributed by atoms with Gasteiger partial charge in [0.1, 0.15) is 11.2 Å². The predicted molar refractivity (Wildman–Crippen MR) is 126 cm³/mol. The van der Waals surface area contributed by atoms with Gasteiger partial charge in [-0.05, 0) is 47.9 Å². The van der Waals surface area contributed by atoms with Crippen molar-refractivity contribution < 1.29 is 18.0 Å². The molecule has 0 N–H and O–H groups in total. The second-order valence-electron chi connectivity index (χ2n) is 7.17. The zero-order valence-corrected chi connectivity index (χ0v) is 20.1. The minimum atomic E-state index is -3.82. The summed E-state index contributed by atoms with van der Waals surface area (Å²) >= 11 is 1.36. The lowest BCUT2D eigenvalue weighted by molar-refractivity contribution is -0.0753. The molecule has 3 aromatic rings. The van der Waals surface area contributed by atoms with E-state index < -0.39 is 10.0 Å². The molecule has 0 bridgehead atoms. The lowest BCUT2D eigenvalue weighted by Crippen LogP contribution is -2.25. The van der Waals surface area contributed by atoms with Crippen LogP contribution in [0.3, 0.4) is 0 Å². The van der Waals surface area contributed by atoms with E-state index in [-0.39, 0.29) is 10.8 Å². The largest absolute Gasteiger partial charge is 0.368 e. The molecule has 1 aromatic carbocycles. The summed E-state index contributed by atoms with van der Waals surface area (Å²) in [5.41, 5.74) is 3.31. The molecule has 2 aromatic heterocycles. The second kappa shape index (κ2) is 9.60. The number of aromatic nitrogens is 1. The Bertz CT molecular complexity index is 1230. The van der Waals surface area contributed by atoms with Crippen molar-refractivity contribution in [2.24, 2.45) is 4.40 Å². The maximum Gasteiger partial charge on any atom is 0.287 e. The zero-order valence-electron chi connectivity index (χ0n) is 18.4. The first-order valence-corrected chi connectivity index (χ1v) is 11.8. The number of hydrogen-bond acceptors (Lipinski definition) is 6. The Hall–Kier alpha value is -3.08. The van der Waals surface area contributed by atoms with E-state index in [2.05, 4.69) is 9.38 Å². The normalized spacial score (nSPS) is 11.7. The number of thiophene rings is 1. The first-order valence-electron chi connectivity index (χ1n) is 9.59. The van der Waals surface area contributed by atoms with Crippen LogP contribution < -0.4 is 0 Å². The molecule has 3 rings (SSSR count). The third-order valence-electron chi connectivity index (χ3n) is 4.70. The molecular formula is C22H24N4O4S2. The summed E-state index contributed by atoms with van der Waals surface area (Å²) in [6, 6.07) is 10.1. The molecule has 0 aliphatic carbocycles. The fourth-order valence-corrected chi connectivity index (χ4v) is 5.24. The lowest BCUT2D eigenvalue weighted by atomic mass is 9.99. The SMILES string of the molecule is CON(C)C(=O)c1sc(-c2ccncc2)c(C)c1-c1ccc(S(=O)(=O)N=CN(C)C)cc1. The molecule has 32 heavy (non-hydrogen) atoms. The van der Waals surface area contributed by atoms with Gasteiger partial charge in [0.2, 0.25) is 0 Å². The molecule has 0 spiro atoms. The van der Waals surface area contributed by atoms with Gasteiger partial charge in [0.05, 0.1) is 12.0 Å². The molecule has 0 radical (unpaired) electrons. The van der Waals surface area contributed by atoms with Crippen LogP contribution in [0, 0.1) is 6.92 Å². The molecule has 10 heteroatoms. The number of pyridine rings is 1. The topological polar surface area (TPSA) is 92.2 Å². The number of rotatable bonds is 7. The molecular weight excluding hydrogens is 448 g/mol. The number of nitrogens with zero attached hydrogens (tertiary/aromatic N) is 4. The number of hydrogen-bond donors (Lipinski definition) is 0. The van der Waals surface area contributed by atoms with E-state index in [0.29, 0.717) is 4.88 Å². The minimum absolute atomic E-state index is 0.0727. The van der Waals surface area contributed by atoms with Gasteiger partial charge in [-0.1, -0.05) is 12.1 Å². The Kier molecular flexibility index (Phi) is 7.07. The Morgan fingerprint density at radius 1 is 1.06 bits per heavy atom. The first-order chi connectivity index (χ1) is 15.2. The fourth-order valence-electron chi connectivity index (χ4n) is 3.03. The molecule has 0 unspecified atom stereocenters. The number of benzene rings is 1. The maximum atomic E-state index is 13.0. The highest BCUT2D eigenvalue weighted by molar-refractivity contribution is 7.90. The van der Waals surface area contributed by atoms with Crippen LogP contribution in [-0.2, 0) is 14.9 Å². The van der Waals surface area contributed by atoms with Crippen LogP contribution >= 0.6 is 11.3 Å². The highest BCUT2D eigenvalue weighted by Crippen LogP contribution is 2.42. The lowest BCUT2D eigenvalue weighted by Gasteiger charge is -2.14. The standard InChI is InChI=1S/C22H24N4O4S2/c1-15-19(16-6-8-18(9-7-16)32(28,29)24-14-25(2)3)21(22(27)26(4)30-5)31-20(15)17-10-12-23-13-11-17/h6-14H,1-5H3. The van der Waals surface area contributed by atoms with E-state index in [0.717, 1.165) is 27.1 Å². The van der Waals surface area contributed by atoms with Gasteiger partial charge in [0.25, 0.3) is 15.9 Å². The van der Waals surface area contributed by atoms with Crippen LogP contribution in [0.2, 0.25) is 0 Å². The van der Waals surface area contributed by atoms with E-state index in [1.165, 1.54) is 42.0 Å². The molecule has 0 aliphatic heterocycles. The summed E-state index contributed by atoms with van der Waals surface area (Å²) in [4.78, 5) is 25.2. The van der Waals surface area contributed by atoms with E-state index in [1.54, 1.807) is 50.6 Å².